The molecular formula is C13H16N2S2. The van der Waals surface area contributed by atoms with Crippen LogP contribution < -0.4 is 11.3 Å². The lowest BCUT2D eigenvalue weighted by Crippen LogP contribution is -2.38. The van der Waals surface area contributed by atoms with Gasteiger partial charge in [0.15, 0.2) is 0 Å². The zero-order chi connectivity index (χ0) is 11.9. The summed E-state index contributed by atoms with van der Waals surface area (Å²) < 4.78 is 0. The van der Waals surface area contributed by atoms with Gasteiger partial charge in [-0.25, -0.2) is 0 Å². The zero-order valence-electron chi connectivity index (χ0n) is 9.50. The van der Waals surface area contributed by atoms with Gasteiger partial charge in [0.1, 0.15) is 0 Å². The minimum Gasteiger partial charge on any atom is -0.271 e. The van der Waals surface area contributed by atoms with Crippen LogP contribution in [0.5, 0.6) is 0 Å². The fourth-order valence-electron chi connectivity index (χ4n) is 1.57. The van der Waals surface area contributed by atoms with Crippen LogP contribution in [0.25, 0.3) is 0 Å². The summed E-state index contributed by atoms with van der Waals surface area (Å²) in [5.74, 6) is 6.58. The van der Waals surface area contributed by atoms with Crippen molar-refractivity contribution in [2.45, 2.75) is 17.4 Å². The summed E-state index contributed by atoms with van der Waals surface area (Å²) in [7, 11) is 0. The Hall–Kier alpha value is -0.810. The number of nitrogens with one attached hydrogen (secondary N) is 1. The summed E-state index contributed by atoms with van der Waals surface area (Å²) in [6.07, 6.45) is 0.986. The molecule has 1 unspecified atom stereocenters. The van der Waals surface area contributed by atoms with Gasteiger partial charge in [0.2, 0.25) is 0 Å². The highest BCUT2D eigenvalue weighted by Gasteiger charge is 2.08. The van der Waals surface area contributed by atoms with Crippen LogP contribution in [0.2, 0.25) is 0 Å². The molecule has 0 fully saturated rings. The van der Waals surface area contributed by atoms with E-state index in [1.165, 1.54) is 10.5 Å². The van der Waals surface area contributed by atoms with E-state index in [9.17, 15) is 0 Å². The molecule has 0 radical (unpaired) electrons. The summed E-state index contributed by atoms with van der Waals surface area (Å²) in [6, 6.07) is 12.9. The average molecular weight is 264 g/mol. The van der Waals surface area contributed by atoms with Crippen LogP contribution in [0.4, 0.5) is 0 Å². The number of benzene rings is 1. The molecule has 0 amide bonds. The number of hydrazine groups is 1. The zero-order valence-corrected chi connectivity index (χ0v) is 11.1. The number of thioether (sulfide) groups is 1. The summed E-state index contributed by atoms with van der Waals surface area (Å²) in [5, 5.41) is 4.28. The third-order valence-electron chi connectivity index (χ3n) is 2.49. The molecule has 0 spiro atoms. The lowest BCUT2D eigenvalue weighted by molar-refractivity contribution is 0.576. The van der Waals surface area contributed by atoms with Crippen LogP contribution >= 0.6 is 23.1 Å². The smallest absolute Gasteiger partial charge is 0.0345 e. The molecule has 1 atom stereocenters. The van der Waals surface area contributed by atoms with Crippen LogP contribution in [0.1, 0.15) is 5.56 Å². The second kappa shape index (κ2) is 6.81. The van der Waals surface area contributed by atoms with E-state index in [4.69, 9.17) is 5.84 Å². The van der Waals surface area contributed by atoms with E-state index in [1.807, 2.05) is 17.8 Å². The van der Waals surface area contributed by atoms with E-state index >= 15 is 0 Å². The first-order valence-corrected chi connectivity index (χ1v) is 7.46. The lowest BCUT2D eigenvalue weighted by Gasteiger charge is -2.14. The fourth-order valence-corrected chi connectivity index (χ4v) is 3.21. The van der Waals surface area contributed by atoms with E-state index in [0.29, 0.717) is 6.04 Å². The van der Waals surface area contributed by atoms with Crippen molar-refractivity contribution < 1.29 is 0 Å². The standard InChI is InChI=1S/C13H16N2S2/c14-15-12(8-11-6-7-16-9-11)10-17-13-4-2-1-3-5-13/h1-7,9,12,15H,8,10,14H2. The van der Waals surface area contributed by atoms with E-state index in [0.717, 1.165) is 12.2 Å². The molecule has 17 heavy (non-hydrogen) atoms. The highest BCUT2D eigenvalue weighted by atomic mass is 32.2. The first kappa shape index (κ1) is 12.6. The second-order valence-electron chi connectivity index (χ2n) is 3.82. The van der Waals surface area contributed by atoms with Crippen molar-refractivity contribution in [2.24, 2.45) is 5.84 Å². The third kappa shape index (κ3) is 4.16. The maximum absolute atomic E-state index is 5.59. The Morgan fingerprint density at radius 2 is 2.06 bits per heavy atom. The second-order valence-corrected chi connectivity index (χ2v) is 5.70. The van der Waals surface area contributed by atoms with Crippen molar-refractivity contribution >= 4 is 23.1 Å². The number of hydrogen-bond acceptors (Lipinski definition) is 4. The predicted octanol–water partition coefficient (Wildman–Crippen LogP) is 2.91. The first-order valence-electron chi connectivity index (χ1n) is 5.53. The lowest BCUT2D eigenvalue weighted by atomic mass is 10.1. The molecule has 0 aliphatic carbocycles. The molecule has 90 valence electrons. The minimum atomic E-state index is 0.315. The van der Waals surface area contributed by atoms with Crippen molar-refractivity contribution in [3.05, 3.63) is 52.7 Å². The van der Waals surface area contributed by atoms with Gasteiger partial charge >= 0.3 is 0 Å². The van der Waals surface area contributed by atoms with Crippen LogP contribution in [0.15, 0.2) is 52.1 Å². The molecule has 2 rings (SSSR count). The predicted molar refractivity (Wildman–Crippen MR) is 76.3 cm³/mol. The molecular weight excluding hydrogens is 248 g/mol. The van der Waals surface area contributed by atoms with Gasteiger partial charge < -0.3 is 0 Å². The first-order chi connectivity index (χ1) is 8.38. The molecule has 0 bridgehead atoms. The summed E-state index contributed by atoms with van der Waals surface area (Å²) in [4.78, 5) is 1.29. The Balaban J connectivity index is 1.84. The number of rotatable bonds is 6. The molecule has 0 aliphatic heterocycles. The number of hydrogen-bond donors (Lipinski definition) is 2. The number of nitrogens with two attached hydrogens (primary N) is 1. The highest BCUT2D eigenvalue weighted by Crippen LogP contribution is 2.19. The Bertz CT molecular complexity index is 414. The Labute approximate surface area is 110 Å². The Morgan fingerprint density at radius 3 is 2.71 bits per heavy atom. The quantitative estimate of drug-likeness (QED) is 0.478. The van der Waals surface area contributed by atoms with Crippen LogP contribution in [0.3, 0.4) is 0 Å². The monoisotopic (exact) mass is 264 g/mol. The maximum Gasteiger partial charge on any atom is 0.0345 e. The topological polar surface area (TPSA) is 38.0 Å². The van der Waals surface area contributed by atoms with Crippen LogP contribution in [0, 0.1) is 0 Å². The van der Waals surface area contributed by atoms with E-state index < -0.39 is 0 Å². The highest BCUT2D eigenvalue weighted by molar-refractivity contribution is 7.99. The van der Waals surface area contributed by atoms with Gasteiger partial charge in [0, 0.05) is 16.7 Å². The maximum atomic E-state index is 5.59. The van der Waals surface area contributed by atoms with Crippen molar-refractivity contribution in [1.82, 2.24) is 5.43 Å². The van der Waals surface area contributed by atoms with E-state index in [-0.39, 0.29) is 0 Å². The van der Waals surface area contributed by atoms with Gasteiger partial charge in [-0.3, -0.25) is 11.3 Å². The summed E-state index contributed by atoms with van der Waals surface area (Å²) in [5.41, 5.74) is 4.25. The molecule has 4 heteroatoms. The van der Waals surface area contributed by atoms with Crippen molar-refractivity contribution in [3.63, 3.8) is 0 Å². The van der Waals surface area contributed by atoms with E-state index in [1.54, 1.807) is 11.3 Å². The van der Waals surface area contributed by atoms with Gasteiger partial charge in [-0.15, -0.1) is 11.8 Å². The Morgan fingerprint density at radius 1 is 1.24 bits per heavy atom. The van der Waals surface area contributed by atoms with Crippen molar-refractivity contribution in [1.29, 1.82) is 0 Å². The minimum absolute atomic E-state index is 0.315. The largest absolute Gasteiger partial charge is 0.271 e. The van der Waals surface area contributed by atoms with Gasteiger partial charge in [-0.05, 0) is 40.9 Å². The molecule has 3 N–H and O–H groups in total. The molecule has 0 aliphatic rings. The molecule has 1 heterocycles. The third-order valence-corrected chi connectivity index (χ3v) is 4.40. The molecule has 1 aromatic carbocycles. The molecule has 0 saturated carbocycles. The number of thiophene rings is 1. The fraction of sp³-hybridized carbons (Fsp3) is 0.231. The van der Waals surface area contributed by atoms with Gasteiger partial charge in [0.05, 0.1) is 0 Å². The van der Waals surface area contributed by atoms with Gasteiger partial charge in [-0.2, -0.15) is 11.3 Å². The molecule has 0 saturated heterocycles. The van der Waals surface area contributed by atoms with Crippen molar-refractivity contribution in [2.75, 3.05) is 5.75 Å². The van der Waals surface area contributed by atoms with Crippen LogP contribution in [-0.4, -0.2) is 11.8 Å². The molecule has 2 nitrogen and oxygen atoms in total. The summed E-state index contributed by atoms with van der Waals surface area (Å²) in [6.45, 7) is 0. The van der Waals surface area contributed by atoms with Crippen LogP contribution in [-0.2, 0) is 6.42 Å². The Kier molecular flexibility index (Phi) is 5.07. The SMILES string of the molecule is NNC(CSc1ccccc1)Cc1ccsc1. The van der Waals surface area contributed by atoms with Crippen molar-refractivity contribution in [3.8, 4) is 0 Å². The van der Waals surface area contributed by atoms with Gasteiger partial charge in [-0.1, -0.05) is 18.2 Å². The van der Waals surface area contributed by atoms with Gasteiger partial charge in [0.25, 0.3) is 0 Å². The normalized spacial score (nSPS) is 12.5. The average Bonchev–Trinajstić information content (AvgIpc) is 2.88. The molecule has 1 aromatic heterocycles. The summed E-state index contributed by atoms with van der Waals surface area (Å²) >= 11 is 3.57. The van der Waals surface area contributed by atoms with E-state index in [2.05, 4.69) is 46.5 Å². The molecule has 2 aromatic rings.